The SMILES string of the molecule is CCCCNC1CSCc2ccccc21. The zero-order valence-electron chi connectivity index (χ0n) is 9.33. The minimum atomic E-state index is 0.575. The smallest absolute Gasteiger partial charge is 0.0415 e. The van der Waals surface area contributed by atoms with Crippen LogP contribution in [0.15, 0.2) is 24.3 Å². The van der Waals surface area contributed by atoms with E-state index in [-0.39, 0.29) is 0 Å². The number of unbranched alkanes of at least 4 members (excludes halogenated alkanes) is 1. The van der Waals surface area contributed by atoms with Crippen LogP contribution in [0, 0.1) is 0 Å². The Morgan fingerprint density at radius 1 is 1.40 bits per heavy atom. The zero-order valence-corrected chi connectivity index (χ0v) is 10.1. The summed E-state index contributed by atoms with van der Waals surface area (Å²) in [6, 6.07) is 9.41. The van der Waals surface area contributed by atoms with E-state index in [0.717, 1.165) is 6.54 Å². The molecule has 1 aliphatic heterocycles. The van der Waals surface area contributed by atoms with Crippen molar-refractivity contribution in [1.82, 2.24) is 5.32 Å². The predicted molar refractivity (Wildman–Crippen MR) is 68.3 cm³/mol. The summed E-state index contributed by atoms with van der Waals surface area (Å²) in [6.07, 6.45) is 2.55. The Morgan fingerprint density at radius 3 is 3.13 bits per heavy atom. The van der Waals surface area contributed by atoms with Crippen LogP contribution in [0.2, 0.25) is 0 Å². The van der Waals surface area contributed by atoms with Crippen LogP contribution in [0.25, 0.3) is 0 Å². The Morgan fingerprint density at radius 2 is 2.27 bits per heavy atom. The zero-order chi connectivity index (χ0) is 10.5. The lowest BCUT2D eigenvalue weighted by molar-refractivity contribution is 0.555. The van der Waals surface area contributed by atoms with Gasteiger partial charge in [-0.3, -0.25) is 0 Å². The maximum atomic E-state index is 3.66. The van der Waals surface area contributed by atoms with Gasteiger partial charge in [0.15, 0.2) is 0 Å². The molecule has 1 unspecified atom stereocenters. The first-order valence-electron chi connectivity index (χ1n) is 5.80. The van der Waals surface area contributed by atoms with E-state index >= 15 is 0 Å². The molecule has 1 N–H and O–H groups in total. The topological polar surface area (TPSA) is 12.0 Å². The molecular formula is C13H19NS. The quantitative estimate of drug-likeness (QED) is 0.782. The second-order valence-corrected chi connectivity index (χ2v) is 5.10. The Bertz CT molecular complexity index is 311. The normalized spacial score (nSPS) is 19.9. The van der Waals surface area contributed by atoms with E-state index in [2.05, 4.69) is 36.5 Å². The van der Waals surface area contributed by atoms with Crippen LogP contribution in [-0.2, 0) is 5.75 Å². The molecule has 0 saturated heterocycles. The molecule has 0 fully saturated rings. The number of benzene rings is 1. The molecule has 15 heavy (non-hydrogen) atoms. The highest BCUT2D eigenvalue weighted by Crippen LogP contribution is 2.31. The molecule has 2 rings (SSSR count). The largest absolute Gasteiger partial charge is 0.309 e. The fourth-order valence-corrected chi connectivity index (χ4v) is 3.14. The molecule has 0 bridgehead atoms. The molecular weight excluding hydrogens is 202 g/mol. The Kier molecular flexibility index (Phi) is 4.09. The summed E-state index contributed by atoms with van der Waals surface area (Å²) in [7, 11) is 0. The molecule has 1 aromatic rings. The van der Waals surface area contributed by atoms with Crippen LogP contribution in [-0.4, -0.2) is 12.3 Å². The van der Waals surface area contributed by atoms with Crippen molar-refractivity contribution in [3.63, 3.8) is 0 Å². The van der Waals surface area contributed by atoms with Gasteiger partial charge in [0.2, 0.25) is 0 Å². The Labute approximate surface area is 96.7 Å². The average molecular weight is 221 g/mol. The molecule has 1 heterocycles. The highest BCUT2D eigenvalue weighted by molar-refractivity contribution is 7.98. The summed E-state index contributed by atoms with van der Waals surface area (Å²) in [6.45, 7) is 3.39. The summed E-state index contributed by atoms with van der Waals surface area (Å²) in [5.74, 6) is 2.41. The van der Waals surface area contributed by atoms with Crippen molar-refractivity contribution >= 4 is 11.8 Å². The van der Waals surface area contributed by atoms with Gasteiger partial charge >= 0.3 is 0 Å². The minimum absolute atomic E-state index is 0.575. The highest BCUT2D eigenvalue weighted by atomic mass is 32.2. The molecule has 0 aliphatic carbocycles. The fraction of sp³-hybridized carbons (Fsp3) is 0.538. The van der Waals surface area contributed by atoms with E-state index in [1.54, 1.807) is 0 Å². The van der Waals surface area contributed by atoms with E-state index in [0.29, 0.717) is 6.04 Å². The van der Waals surface area contributed by atoms with Gasteiger partial charge in [0, 0.05) is 17.5 Å². The first-order valence-corrected chi connectivity index (χ1v) is 6.96. The lowest BCUT2D eigenvalue weighted by Gasteiger charge is -2.26. The summed E-state index contributed by atoms with van der Waals surface area (Å²) in [5.41, 5.74) is 3.04. The van der Waals surface area contributed by atoms with Gasteiger partial charge in [0.25, 0.3) is 0 Å². The van der Waals surface area contributed by atoms with Gasteiger partial charge in [-0.05, 0) is 24.1 Å². The molecule has 1 nitrogen and oxygen atoms in total. The molecule has 2 heteroatoms. The first kappa shape index (κ1) is 11.0. The third kappa shape index (κ3) is 2.76. The van der Waals surface area contributed by atoms with Gasteiger partial charge < -0.3 is 5.32 Å². The number of nitrogens with one attached hydrogen (secondary N) is 1. The van der Waals surface area contributed by atoms with Crippen LogP contribution in [0.3, 0.4) is 0 Å². The van der Waals surface area contributed by atoms with E-state index < -0.39 is 0 Å². The second kappa shape index (κ2) is 5.57. The maximum Gasteiger partial charge on any atom is 0.0415 e. The summed E-state index contributed by atoms with van der Waals surface area (Å²) < 4.78 is 0. The Balaban J connectivity index is 2.02. The molecule has 1 aliphatic rings. The standard InChI is InChI=1S/C13H19NS/c1-2-3-8-14-13-10-15-9-11-6-4-5-7-12(11)13/h4-7,13-14H,2-3,8-10H2,1H3. The van der Waals surface area contributed by atoms with Crippen molar-refractivity contribution in [2.75, 3.05) is 12.3 Å². The average Bonchev–Trinajstić information content (AvgIpc) is 2.30. The molecule has 1 atom stereocenters. The molecule has 1 aromatic carbocycles. The number of rotatable bonds is 4. The lowest BCUT2D eigenvalue weighted by Crippen LogP contribution is -2.27. The Hall–Kier alpha value is -0.470. The molecule has 0 aromatic heterocycles. The molecule has 0 radical (unpaired) electrons. The monoisotopic (exact) mass is 221 g/mol. The van der Waals surface area contributed by atoms with Crippen molar-refractivity contribution in [3.05, 3.63) is 35.4 Å². The van der Waals surface area contributed by atoms with Crippen LogP contribution in [0.1, 0.15) is 36.9 Å². The van der Waals surface area contributed by atoms with Crippen molar-refractivity contribution in [3.8, 4) is 0 Å². The third-order valence-electron chi connectivity index (χ3n) is 2.89. The van der Waals surface area contributed by atoms with E-state index in [9.17, 15) is 0 Å². The van der Waals surface area contributed by atoms with Crippen molar-refractivity contribution in [2.24, 2.45) is 0 Å². The predicted octanol–water partition coefficient (Wildman–Crippen LogP) is 3.36. The third-order valence-corrected chi connectivity index (χ3v) is 3.98. The van der Waals surface area contributed by atoms with E-state index in [4.69, 9.17) is 0 Å². The van der Waals surface area contributed by atoms with E-state index in [1.165, 1.54) is 35.5 Å². The first-order chi connectivity index (χ1) is 7.42. The van der Waals surface area contributed by atoms with Crippen molar-refractivity contribution < 1.29 is 0 Å². The van der Waals surface area contributed by atoms with Crippen molar-refractivity contribution in [2.45, 2.75) is 31.6 Å². The number of thioether (sulfide) groups is 1. The number of hydrogen-bond donors (Lipinski definition) is 1. The van der Waals surface area contributed by atoms with Gasteiger partial charge in [-0.2, -0.15) is 11.8 Å². The summed E-state index contributed by atoms with van der Waals surface area (Å²) >= 11 is 2.04. The summed E-state index contributed by atoms with van der Waals surface area (Å²) in [5, 5.41) is 3.66. The van der Waals surface area contributed by atoms with Gasteiger partial charge in [-0.1, -0.05) is 37.6 Å². The molecule has 0 amide bonds. The lowest BCUT2D eigenvalue weighted by atomic mass is 10.0. The molecule has 0 spiro atoms. The highest BCUT2D eigenvalue weighted by Gasteiger charge is 2.18. The van der Waals surface area contributed by atoms with Gasteiger partial charge in [0.1, 0.15) is 0 Å². The van der Waals surface area contributed by atoms with Gasteiger partial charge in [-0.15, -0.1) is 0 Å². The van der Waals surface area contributed by atoms with Crippen LogP contribution < -0.4 is 5.32 Å². The van der Waals surface area contributed by atoms with E-state index in [1.807, 2.05) is 11.8 Å². The number of fused-ring (bicyclic) bond motifs is 1. The van der Waals surface area contributed by atoms with Gasteiger partial charge in [-0.25, -0.2) is 0 Å². The second-order valence-electron chi connectivity index (χ2n) is 4.07. The molecule has 82 valence electrons. The minimum Gasteiger partial charge on any atom is -0.309 e. The fourth-order valence-electron chi connectivity index (χ4n) is 2.00. The number of hydrogen-bond acceptors (Lipinski definition) is 2. The van der Waals surface area contributed by atoms with Crippen LogP contribution in [0.5, 0.6) is 0 Å². The maximum absolute atomic E-state index is 3.66. The molecule has 0 saturated carbocycles. The van der Waals surface area contributed by atoms with Crippen LogP contribution in [0.4, 0.5) is 0 Å². The van der Waals surface area contributed by atoms with Crippen LogP contribution >= 0.6 is 11.8 Å². The van der Waals surface area contributed by atoms with Gasteiger partial charge in [0.05, 0.1) is 0 Å². The summed E-state index contributed by atoms with van der Waals surface area (Å²) in [4.78, 5) is 0. The van der Waals surface area contributed by atoms with Crippen molar-refractivity contribution in [1.29, 1.82) is 0 Å².